The second-order valence-electron chi connectivity index (χ2n) is 4.73. The summed E-state index contributed by atoms with van der Waals surface area (Å²) in [6.07, 6.45) is 2.18. The van der Waals surface area contributed by atoms with Gasteiger partial charge in [-0.05, 0) is 26.2 Å². The molecule has 1 fully saturated rings. The Bertz CT molecular complexity index is 254. The van der Waals surface area contributed by atoms with E-state index in [1.165, 1.54) is 0 Å². The molecule has 1 heterocycles. The summed E-state index contributed by atoms with van der Waals surface area (Å²) in [6.45, 7) is 6.76. The summed E-state index contributed by atoms with van der Waals surface area (Å²) < 4.78 is 5.36. The first-order valence-corrected chi connectivity index (χ1v) is 6.39. The Morgan fingerprint density at radius 1 is 1.47 bits per heavy atom. The van der Waals surface area contributed by atoms with Gasteiger partial charge in [-0.3, -0.25) is 0 Å². The highest BCUT2D eigenvalue weighted by atomic mass is 16.5. The lowest BCUT2D eigenvalue weighted by Crippen LogP contribution is -2.49. The van der Waals surface area contributed by atoms with Gasteiger partial charge >= 0.3 is 6.03 Å². The van der Waals surface area contributed by atoms with Crippen LogP contribution in [0.2, 0.25) is 0 Å². The van der Waals surface area contributed by atoms with Crippen LogP contribution in [-0.2, 0) is 4.74 Å². The first-order chi connectivity index (χ1) is 8.00. The van der Waals surface area contributed by atoms with Crippen LogP contribution in [0.3, 0.4) is 0 Å². The third kappa shape index (κ3) is 4.16. The van der Waals surface area contributed by atoms with Crippen LogP contribution in [0.1, 0.15) is 40.0 Å². The molecule has 5 heteroatoms. The Morgan fingerprint density at radius 3 is 2.59 bits per heavy atom. The van der Waals surface area contributed by atoms with Crippen LogP contribution in [0, 0.1) is 0 Å². The van der Waals surface area contributed by atoms with Gasteiger partial charge < -0.3 is 20.5 Å². The quantitative estimate of drug-likeness (QED) is 0.676. The molecule has 2 amide bonds. The zero-order valence-corrected chi connectivity index (χ0v) is 11.0. The van der Waals surface area contributed by atoms with Gasteiger partial charge in [0.05, 0.1) is 17.7 Å². The van der Waals surface area contributed by atoms with Gasteiger partial charge in [-0.15, -0.1) is 0 Å². The molecule has 0 bridgehead atoms. The zero-order valence-electron chi connectivity index (χ0n) is 11.0. The standard InChI is InChI=1S/C12H24N2O3/c1-4-12(16,5-2)8-13-11(15)14-10-6-7-17-9(10)3/h9-10,16H,4-8H2,1-3H3,(H2,13,14,15). The minimum Gasteiger partial charge on any atom is -0.388 e. The molecule has 0 aromatic carbocycles. The fourth-order valence-electron chi connectivity index (χ4n) is 1.89. The van der Waals surface area contributed by atoms with E-state index in [1.54, 1.807) is 0 Å². The summed E-state index contributed by atoms with van der Waals surface area (Å²) in [7, 11) is 0. The van der Waals surface area contributed by atoms with Gasteiger partial charge in [0.25, 0.3) is 0 Å². The molecular weight excluding hydrogens is 220 g/mol. The molecule has 100 valence electrons. The highest BCUT2D eigenvalue weighted by molar-refractivity contribution is 5.74. The molecule has 2 unspecified atom stereocenters. The number of amides is 2. The molecule has 0 aromatic heterocycles. The number of hydrogen-bond donors (Lipinski definition) is 3. The van der Waals surface area contributed by atoms with E-state index in [4.69, 9.17) is 4.74 Å². The van der Waals surface area contributed by atoms with Crippen molar-refractivity contribution in [2.24, 2.45) is 0 Å². The monoisotopic (exact) mass is 244 g/mol. The number of carbonyl (C=O) groups is 1. The first-order valence-electron chi connectivity index (χ1n) is 6.39. The fourth-order valence-corrected chi connectivity index (χ4v) is 1.89. The van der Waals surface area contributed by atoms with Crippen molar-refractivity contribution in [2.45, 2.75) is 57.8 Å². The summed E-state index contributed by atoms with van der Waals surface area (Å²) in [6, 6.07) is -0.154. The Kier molecular flexibility index (Phi) is 5.21. The van der Waals surface area contributed by atoms with Gasteiger partial charge in [0.2, 0.25) is 0 Å². The van der Waals surface area contributed by atoms with Crippen LogP contribution in [-0.4, -0.2) is 42.0 Å². The van der Waals surface area contributed by atoms with E-state index in [9.17, 15) is 9.90 Å². The second kappa shape index (κ2) is 6.21. The van der Waals surface area contributed by atoms with Gasteiger partial charge in [-0.1, -0.05) is 13.8 Å². The molecule has 2 atom stereocenters. The van der Waals surface area contributed by atoms with E-state index >= 15 is 0 Å². The van der Waals surface area contributed by atoms with E-state index < -0.39 is 5.60 Å². The molecule has 1 saturated heterocycles. The van der Waals surface area contributed by atoms with Crippen molar-refractivity contribution < 1.29 is 14.6 Å². The molecule has 0 aromatic rings. The van der Waals surface area contributed by atoms with Crippen molar-refractivity contribution in [3.8, 4) is 0 Å². The number of rotatable bonds is 5. The maximum Gasteiger partial charge on any atom is 0.315 e. The molecule has 0 spiro atoms. The van der Waals surface area contributed by atoms with Crippen molar-refractivity contribution >= 4 is 6.03 Å². The van der Waals surface area contributed by atoms with Crippen LogP contribution in [0.15, 0.2) is 0 Å². The average Bonchev–Trinajstić information content (AvgIpc) is 2.72. The highest BCUT2D eigenvalue weighted by Gasteiger charge is 2.27. The molecule has 1 aliphatic rings. The number of hydrogen-bond acceptors (Lipinski definition) is 3. The number of urea groups is 1. The molecule has 0 aliphatic carbocycles. The summed E-state index contributed by atoms with van der Waals surface area (Å²) in [5.74, 6) is 0. The molecule has 1 rings (SSSR count). The molecule has 0 radical (unpaired) electrons. The van der Waals surface area contributed by atoms with Crippen LogP contribution in [0.5, 0.6) is 0 Å². The molecule has 5 nitrogen and oxygen atoms in total. The largest absolute Gasteiger partial charge is 0.388 e. The molecular formula is C12H24N2O3. The predicted octanol–water partition coefficient (Wildman–Crippen LogP) is 1.01. The fraction of sp³-hybridized carbons (Fsp3) is 0.917. The molecule has 1 aliphatic heterocycles. The molecule has 0 saturated carbocycles. The van der Waals surface area contributed by atoms with Crippen molar-refractivity contribution in [2.75, 3.05) is 13.2 Å². The first kappa shape index (κ1) is 14.3. The summed E-state index contributed by atoms with van der Waals surface area (Å²) in [5, 5.41) is 15.6. The second-order valence-corrected chi connectivity index (χ2v) is 4.73. The Labute approximate surface area is 103 Å². The number of nitrogens with one attached hydrogen (secondary N) is 2. The van der Waals surface area contributed by atoms with Crippen molar-refractivity contribution in [3.63, 3.8) is 0 Å². The van der Waals surface area contributed by atoms with Gasteiger partial charge in [0.15, 0.2) is 0 Å². The normalized spacial score (nSPS) is 24.7. The van der Waals surface area contributed by atoms with Gasteiger partial charge in [-0.2, -0.15) is 0 Å². The average molecular weight is 244 g/mol. The van der Waals surface area contributed by atoms with Gasteiger partial charge in [0.1, 0.15) is 0 Å². The van der Waals surface area contributed by atoms with Crippen LogP contribution < -0.4 is 10.6 Å². The lowest BCUT2D eigenvalue weighted by Gasteiger charge is -2.26. The third-order valence-electron chi connectivity index (χ3n) is 3.59. The topological polar surface area (TPSA) is 70.6 Å². The number of carbonyl (C=O) groups excluding carboxylic acids is 1. The zero-order chi connectivity index (χ0) is 12.9. The van der Waals surface area contributed by atoms with E-state index in [0.717, 1.165) is 6.42 Å². The number of aliphatic hydroxyl groups is 1. The van der Waals surface area contributed by atoms with Crippen LogP contribution >= 0.6 is 0 Å². The lowest BCUT2D eigenvalue weighted by molar-refractivity contribution is 0.0347. The molecule has 17 heavy (non-hydrogen) atoms. The lowest BCUT2D eigenvalue weighted by atomic mass is 9.98. The Hall–Kier alpha value is -0.810. The van der Waals surface area contributed by atoms with Gasteiger partial charge in [-0.25, -0.2) is 4.79 Å². The minimum absolute atomic E-state index is 0.0667. The van der Waals surface area contributed by atoms with Crippen molar-refractivity contribution in [3.05, 3.63) is 0 Å². The SMILES string of the molecule is CCC(O)(CC)CNC(=O)NC1CCOC1C. The Balaban J connectivity index is 2.30. The maximum absolute atomic E-state index is 11.6. The van der Waals surface area contributed by atoms with Crippen LogP contribution in [0.25, 0.3) is 0 Å². The van der Waals surface area contributed by atoms with E-state index in [-0.39, 0.29) is 24.7 Å². The smallest absolute Gasteiger partial charge is 0.315 e. The predicted molar refractivity (Wildman–Crippen MR) is 65.9 cm³/mol. The van der Waals surface area contributed by atoms with Crippen molar-refractivity contribution in [1.29, 1.82) is 0 Å². The summed E-state index contributed by atoms with van der Waals surface area (Å²) in [5.41, 5.74) is -0.796. The van der Waals surface area contributed by atoms with Crippen molar-refractivity contribution in [1.82, 2.24) is 10.6 Å². The third-order valence-corrected chi connectivity index (χ3v) is 3.59. The molecule has 3 N–H and O–H groups in total. The number of ether oxygens (including phenoxy) is 1. The van der Waals surface area contributed by atoms with E-state index in [0.29, 0.717) is 19.4 Å². The van der Waals surface area contributed by atoms with E-state index in [1.807, 2.05) is 20.8 Å². The van der Waals surface area contributed by atoms with Gasteiger partial charge in [0, 0.05) is 13.2 Å². The van der Waals surface area contributed by atoms with E-state index in [2.05, 4.69) is 10.6 Å². The summed E-state index contributed by atoms with van der Waals surface area (Å²) in [4.78, 5) is 11.6. The van der Waals surface area contributed by atoms with Crippen LogP contribution in [0.4, 0.5) is 4.79 Å². The minimum atomic E-state index is -0.796. The maximum atomic E-state index is 11.6. The Morgan fingerprint density at radius 2 is 2.12 bits per heavy atom. The summed E-state index contributed by atoms with van der Waals surface area (Å²) >= 11 is 0. The highest BCUT2D eigenvalue weighted by Crippen LogP contribution is 2.14.